The first-order valence-electron chi connectivity index (χ1n) is 8.41. The second-order valence-corrected chi connectivity index (χ2v) is 7.22. The molecule has 0 spiro atoms. The fourth-order valence-corrected chi connectivity index (χ4v) is 3.33. The lowest BCUT2D eigenvalue weighted by atomic mass is 10.2. The summed E-state index contributed by atoms with van der Waals surface area (Å²) >= 11 is 9.47. The van der Waals surface area contributed by atoms with Crippen LogP contribution < -0.4 is 19.5 Å². The van der Waals surface area contributed by atoms with Crippen LogP contribution in [0.4, 0.5) is 5.69 Å². The van der Waals surface area contributed by atoms with Crippen molar-refractivity contribution >= 4 is 39.1 Å². The summed E-state index contributed by atoms with van der Waals surface area (Å²) in [5.41, 5.74) is 0.863. The molecule has 4 rings (SSSR count). The Hall–Kier alpha value is -2.71. The van der Waals surface area contributed by atoms with Crippen molar-refractivity contribution < 1.29 is 19.0 Å². The third-order valence-electron chi connectivity index (χ3n) is 3.92. The summed E-state index contributed by atoms with van der Waals surface area (Å²) in [6.45, 7) is 1.12. The highest BCUT2D eigenvalue weighted by molar-refractivity contribution is 9.10. The van der Waals surface area contributed by atoms with Crippen molar-refractivity contribution in [1.82, 2.24) is 9.78 Å². The number of hydrogen-bond acceptors (Lipinski definition) is 5. The van der Waals surface area contributed by atoms with Crippen molar-refractivity contribution in [2.75, 3.05) is 18.5 Å². The number of carbonyl (C=O) groups is 1. The van der Waals surface area contributed by atoms with Gasteiger partial charge in [-0.2, -0.15) is 5.10 Å². The predicted molar refractivity (Wildman–Crippen MR) is 107 cm³/mol. The number of nitrogens with zero attached hydrogens (tertiary/aromatic N) is 2. The molecule has 0 aliphatic carbocycles. The quantitative estimate of drug-likeness (QED) is 0.607. The third kappa shape index (κ3) is 4.23. The number of aromatic nitrogens is 2. The molecule has 0 radical (unpaired) electrons. The summed E-state index contributed by atoms with van der Waals surface area (Å²) in [6.07, 6.45) is 1.66. The van der Waals surface area contributed by atoms with Gasteiger partial charge in [0, 0.05) is 22.4 Å². The Morgan fingerprint density at radius 1 is 1.18 bits per heavy atom. The smallest absolute Gasteiger partial charge is 0.276 e. The van der Waals surface area contributed by atoms with E-state index < -0.39 is 0 Å². The topological polar surface area (TPSA) is 74.6 Å². The minimum atomic E-state index is -0.336. The molecule has 0 unspecified atom stereocenters. The lowest BCUT2D eigenvalue weighted by Gasteiger charge is -2.18. The third-order valence-corrected chi connectivity index (χ3v) is 4.71. The zero-order chi connectivity index (χ0) is 19.5. The zero-order valence-electron chi connectivity index (χ0n) is 14.5. The van der Waals surface area contributed by atoms with Gasteiger partial charge in [-0.25, -0.2) is 4.68 Å². The number of nitrogens with one attached hydrogen (secondary N) is 1. The van der Waals surface area contributed by atoms with Gasteiger partial charge in [0.15, 0.2) is 23.9 Å². The molecular weight excluding hydrogens is 450 g/mol. The number of hydrogen-bond donors (Lipinski definition) is 1. The molecule has 28 heavy (non-hydrogen) atoms. The van der Waals surface area contributed by atoms with Crippen LogP contribution in [0.5, 0.6) is 17.2 Å². The number of rotatable bonds is 5. The average Bonchev–Trinajstić information content (AvgIpc) is 3.16. The maximum Gasteiger partial charge on any atom is 0.276 e. The second-order valence-electron chi connectivity index (χ2n) is 5.90. The van der Waals surface area contributed by atoms with Crippen LogP contribution in [0.2, 0.25) is 5.02 Å². The first kappa shape index (κ1) is 18.6. The molecule has 0 fully saturated rings. The fraction of sp³-hybridized carbons (Fsp3) is 0.158. The van der Waals surface area contributed by atoms with Gasteiger partial charge in [-0.1, -0.05) is 27.5 Å². The molecule has 9 heteroatoms. The van der Waals surface area contributed by atoms with Crippen molar-refractivity contribution in [3.8, 4) is 17.2 Å². The molecule has 2 heterocycles. The Labute approximate surface area is 174 Å². The normalized spacial score (nSPS) is 12.5. The van der Waals surface area contributed by atoms with E-state index in [0.717, 1.165) is 4.47 Å². The molecule has 0 atom stereocenters. The number of anilines is 1. The molecule has 1 N–H and O–H groups in total. The minimum absolute atomic E-state index is 0.124. The largest absolute Gasteiger partial charge is 0.486 e. The van der Waals surface area contributed by atoms with Crippen LogP contribution >= 0.6 is 27.5 Å². The number of halogens is 2. The molecule has 1 aliphatic rings. The number of amides is 1. The SMILES string of the molecule is O=C(Nc1ccc2c(c1)OCCO2)c1ccn(COc2ccc(Br)cc2Cl)n1. The highest BCUT2D eigenvalue weighted by Gasteiger charge is 2.15. The Bertz CT molecular complexity index is 1020. The molecule has 0 saturated heterocycles. The fourth-order valence-electron chi connectivity index (χ4n) is 2.60. The van der Waals surface area contributed by atoms with Gasteiger partial charge in [0.05, 0.1) is 5.02 Å². The molecule has 3 aromatic rings. The van der Waals surface area contributed by atoms with E-state index in [1.807, 2.05) is 6.07 Å². The average molecular weight is 465 g/mol. The van der Waals surface area contributed by atoms with Crippen molar-refractivity contribution in [3.05, 3.63) is 63.9 Å². The number of benzene rings is 2. The van der Waals surface area contributed by atoms with Gasteiger partial charge < -0.3 is 19.5 Å². The maximum absolute atomic E-state index is 12.4. The maximum atomic E-state index is 12.4. The molecule has 1 aromatic heterocycles. The Morgan fingerprint density at radius 2 is 2.00 bits per heavy atom. The summed E-state index contributed by atoms with van der Waals surface area (Å²) in [4.78, 5) is 12.4. The minimum Gasteiger partial charge on any atom is -0.486 e. The van der Waals surface area contributed by atoms with Gasteiger partial charge in [-0.3, -0.25) is 4.79 Å². The van der Waals surface area contributed by atoms with Crippen molar-refractivity contribution in [2.24, 2.45) is 0 Å². The molecule has 7 nitrogen and oxygen atoms in total. The van der Waals surface area contributed by atoms with Gasteiger partial charge >= 0.3 is 0 Å². The standard InChI is InChI=1S/C19H15BrClN3O4/c20-12-1-3-16(14(21)9-12)28-11-24-6-5-15(23-24)19(25)22-13-2-4-17-18(10-13)27-8-7-26-17/h1-6,9-10H,7-8,11H2,(H,22,25). The van der Waals surface area contributed by atoms with E-state index in [1.54, 1.807) is 42.6 Å². The number of carbonyl (C=O) groups excluding carboxylic acids is 1. The Morgan fingerprint density at radius 3 is 2.82 bits per heavy atom. The summed E-state index contributed by atoms with van der Waals surface area (Å²) < 4.78 is 19.0. The summed E-state index contributed by atoms with van der Waals surface area (Å²) in [5, 5.41) is 7.51. The van der Waals surface area contributed by atoms with Crippen molar-refractivity contribution in [3.63, 3.8) is 0 Å². The van der Waals surface area contributed by atoms with Gasteiger partial charge in [0.25, 0.3) is 5.91 Å². The van der Waals surface area contributed by atoms with Crippen LogP contribution in [-0.4, -0.2) is 28.9 Å². The molecule has 1 aliphatic heterocycles. The van der Waals surface area contributed by atoms with E-state index in [1.165, 1.54) is 4.68 Å². The van der Waals surface area contributed by atoms with Crippen LogP contribution in [0.15, 0.2) is 53.1 Å². The molecular formula is C19H15BrClN3O4. The highest BCUT2D eigenvalue weighted by Crippen LogP contribution is 2.32. The zero-order valence-corrected chi connectivity index (χ0v) is 16.9. The van der Waals surface area contributed by atoms with Crippen molar-refractivity contribution in [1.29, 1.82) is 0 Å². The lowest BCUT2D eigenvalue weighted by molar-refractivity contribution is 0.102. The van der Waals surface area contributed by atoms with Crippen LogP contribution in [0.1, 0.15) is 10.5 Å². The molecule has 0 bridgehead atoms. The van der Waals surface area contributed by atoms with Gasteiger partial charge in [0.1, 0.15) is 19.0 Å². The first-order valence-corrected chi connectivity index (χ1v) is 9.58. The van der Waals surface area contributed by atoms with Gasteiger partial charge in [-0.15, -0.1) is 0 Å². The van der Waals surface area contributed by atoms with E-state index in [0.29, 0.717) is 41.2 Å². The van der Waals surface area contributed by atoms with E-state index in [2.05, 4.69) is 26.3 Å². The van der Waals surface area contributed by atoms with Gasteiger partial charge in [0.2, 0.25) is 0 Å². The highest BCUT2D eigenvalue weighted by atomic mass is 79.9. The molecule has 144 valence electrons. The van der Waals surface area contributed by atoms with Crippen LogP contribution in [0.25, 0.3) is 0 Å². The second kappa shape index (κ2) is 8.12. The first-order chi connectivity index (χ1) is 13.6. The van der Waals surface area contributed by atoms with Crippen LogP contribution in [0.3, 0.4) is 0 Å². The molecule has 1 amide bonds. The molecule has 2 aromatic carbocycles. The lowest BCUT2D eigenvalue weighted by Crippen LogP contribution is -2.17. The summed E-state index contributed by atoms with van der Waals surface area (Å²) in [6, 6.07) is 12.2. The van der Waals surface area contributed by atoms with Crippen LogP contribution in [-0.2, 0) is 6.73 Å². The number of fused-ring (bicyclic) bond motifs is 1. The van der Waals surface area contributed by atoms with E-state index in [9.17, 15) is 4.79 Å². The van der Waals surface area contributed by atoms with Crippen LogP contribution in [0, 0.1) is 0 Å². The summed E-state index contributed by atoms with van der Waals surface area (Å²) in [5.74, 6) is 1.46. The Balaban J connectivity index is 1.39. The Kier molecular flexibility index (Phi) is 5.40. The summed E-state index contributed by atoms with van der Waals surface area (Å²) in [7, 11) is 0. The van der Waals surface area contributed by atoms with Gasteiger partial charge in [-0.05, 0) is 36.4 Å². The van der Waals surface area contributed by atoms with E-state index in [-0.39, 0.29) is 18.3 Å². The predicted octanol–water partition coefficient (Wildman–Crippen LogP) is 4.36. The van der Waals surface area contributed by atoms with Crippen molar-refractivity contribution in [2.45, 2.75) is 6.73 Å². The number of ether oxygens (including phenoxy) is 3. The molecule has 0 saturated carbocycles. The van der Waals surface area contributed by atoms with E-state index >= 15 is 0 Å². The van der Waals surface area contributed by atoms with E-state index in [4.69, 9.17) is 25.8 Å². The monoisotopic (exact) mass is 463 g/mol.